The van der Waals surface area contributed by atoms with Crippen LogP contribution in [0.15, 0.2) is 30.4 Å². The number of fused-ring (bicyclic) bond motifs is 5. The summed E-state index contributed by atoms with van der Waals surface area (Å²) in [6.07, 6.45) is 0.705. The number of hydrogen-bond acceptors (Lipinski definition) is 8. The number of carbonyl (C=O) groups is 4. The van der Waals surface area contributed by atoms with Gasteiger partial charge >= 0.3 is 11.9 Å². The van der Waals surface area contributed by atoms with Crippen molar-refractivity contribution in [3.63, 3.8) is 0 Å². The molecule has 0 aliphatic carbocycles. The number of hydrogen-bond donors (Lipinski definition) is 0. The van der Waals surface area contributed by atoms with Crippen molar-refractivity contribution in [3.05, 3.63) is 40.9 Å². The summed E-state index contributed by atoms with van der Waals surface area (Å²) in [6, 6.07) is 6.18. The Bertz CT molecular complexity index is 1050. The van der Waals surface area contributed by atoms with Crippen molar-refractivity contribution < 1.29 is 33.4 Å². The van der Waals surface area contributed by atoms with Crippen LogP contribution >= 0.6 is 11.6 Å². The molecule has 0 aromatic heterocycles. The van der Waals surface area contributed by atoms with Gasteiger partial charge in [0, 0.05) is 18.9 Å². The molecule has 2 saturated heterocycles. The third-order valence-corrected chi connectivity index (χ3v) is 5.55. The quantitative estimate of drug-likeness (QED) is 0.304. The molecule has 3 heterocycles. The van der Waals surface area contributed by atoms with E-state index in [1.807, 2.05) is 6.07 Å². The third-order valence-electron chi connectivity index (χ3n) is 5.31. The van der Waals surface area contributed by atoms with E-state index in [0.29, 0.717) is 0 Å². The molecular formula is C20H15ClN2O7. The topological polar surface area (TPSA) is 123 Å². The number of nitrogens with zero attached hydrogens (tertiary/aromatic N) is 2. The minimum atomic E-state index is -1.65. The van der Waals surface area contributed by atoms with E-state index in [2.05, 4.69) is 0 Å². The lowest BCUT2D eigenvalue weighted by Gasteiger charge is -2.34. The fourth-order valence-corrected chi connectivity index (χ4v) is 4.40. The second-order valence-corrected chi connectivity index (χ2v) is 7.57. The van der Waals surface area contributed by atoms with E-state index in [4.69, 9.17) is 25.8 Å². The van der Waals surface area contributed by atoms with Crippen LogP contribution in [0.1, 0.15) is 19.4 Å². The van der Waals surface area contributed by atoms with Gasteiger partial charge < -0.3 is 14.2 Å². The minimum absolute atomic E-state index is 0.0560. The summed E-state index contributed by atoms with van der Waals surface area (Å²) in [5.41, 5.74) is -1.51. The Morgan fingerprint density at radius 2 is 1.90 bits per heavy atom. The molecule has 4 atom stereocenters. The van der Waals surface area contributed by atoms with Crippen LogP contribution in [0.25, 0.3) is 0 Å². The van der Waals surface area contributed by atoms with Crippen LogP contribution in [0.4, 0.5) is 5.69 Å². The van der Waals surface area contributed by atoms with Crippen molar-refractivity contribution in [1.29, 1.82) is 5.26 Å². The highest BCUT2D eigenvalue weighted by atomic mass is 35.5. The van der Waals surface area contributed by atoms with Crippen LogP contribution in [-0.2, 0) is 33.4 Å². The lowest BCUT2D eigenvalue weighted by Crippen LogP contribution is -2.52. The maximum Gasteiger partial charge on any atom is 0.305 e. The molecule has 0 saturated carbocycles. The van der Waals surface area contributed by atoms with Crippen molar-refractivity contribution in [2.24, 2.45) is 11.8 Å². The van der Waals surface area contributed by atoms with E-state index in [1.165, 1.54) is 24.3 Å². The number of nitriles is 1. The molecule has 1 aromatic rings. The first kappa shape index (κ1) is 20.1. The molecule has 2 bridgehead atoms. The van der Waals surface area contributed by atoms with Crippen molar-refractivity contribution in [3.8, 4) is 6.07 Å². The minimum Gasteiger partial charge on any atom is -0.422 e. The van der Waals surface area contributed by atoms with E-state index in [-0.39, 0.29) is 16.3 Å². The summed E-state index contributed by atoms with van der Waals surface area (Å²) in [5.74, 6) is -4.80. The number of carbonyl (C=O) groups excluding carboxylic acids is 4. The fraction of sp³-hybridized carbons (Fsp3) is 0.350. The highest BCUT2D eigenvalue weighted by Crippen LogP contribution is 2.55. The Hall–Kier alpha value is -3.22. The van der Waals surface area contributed by atoms with E-state index >= 15 is 0 Å². The normalized spacial score (nSPS) is 28.6. The summed E-state index contributed by atoms with van der Waals surface area (Å²) in [4.78, 5) is 50.7. The van der Waals surface area contributed by atoms with E-state index < -0.39 is 53.6 Å². The second-order valence-electron chi connectivity index (χ2n) is 7.13. The number of esters is 2. The van der Waals surface area contributed by atoms with Crippen LogP contribution in [0.2, 0.25) is 5.02 Å². The zero-order valence-electron chi connectivity index (χ0n) is 15.8. The second kappa shape index (κ2) is 6.93. The van der Waals surface area contributed by atoms with Gasteiger partial charge in [0.05, 0.1) is 29.2 Å². The molecule has 0 radical (unpaired) electrons. The third kappa shape index (κ3) is 2.80. The van der Waals surface area contributed by atoms with Crippen molar-refractivity contribution in [2.75, 3.05) is 4.90 Å². The Balaban J connectivity index is 1.79. The summed E-state index contributed by atoms with van der Waals surface area (Å²) in [7, 11) is 0. The van der Waals surface area contributed by atoms with Crippen LogP contribution in [0, 0.1) is 23.2 Å². The summed E-state index contributed by atoms with van der Waals surface area (Å²) in [6.45, 7) is 2.24. The van der Waals surface area contributed by atoms with E-state index in [1.54, 1.807) is 6.08 Å². The van der Waals surface area contributed by atoms with E-state index in [9.17, 15) is 24.4 Å². The zero-order chi connectivity index (χ0) is 21.8. The standard InChI is InChI=1S/C20H15ClN2O7/c1-9(24)28-19(29-10(2)25)20-6-5-14(30-20)15-16(20)18(27)23(17(15)26)13-7-12(21)4-3-11(13)8-22/h3-7,14-16,19H,1-2H3/t14-,15-,16-,20+/m1/s1. The SMILES string of the molecule is CC(=O)OC(OC(C)=O)[C@@]12C=C[C@@H](O1)[C@H]1C(=O)N(c3cc(Cl)ccc3C#N)C(=O)[C@@H]12. The first-order chi connectivity index (χ1) is 14.2. The van der Waals surface area contributed by atoms with Gasteiger partial charge in [0.1, 0.15) is 6.07 Å². The molecule has 3 aliphatic rings. The number of anilines is 1. The van der Waals surface area contributed by atoms with Crippen LogP contribution in [0.3, 0.4) is 0 Å². The monoisotopic (exact) mass is 430 g/mol. The molecule has 2 amide bonds. The van der Waals surface area contributed by atoms with Gasteiger partial charge in [-0.25, -0.2) is 4.90 Å². The number of benzene rings is 1. The molecule has 3 aliphatic heterocycles. The molecule has 30 heavy (non-hydrogen) atoms. The average molecular weight is 431 g/mol. The molecular weight excluding hydrogens is 416 g/mol. The van der Waals surface area contributed by atoms with Gasteiger partial charge in [-0.05, 0) is 24.3 Å². The lowest BCUT2D eigenvalue weighted by molar-refractivity contribution is -0.226. The first-order valence-electron chi connectivity index (χ1n) is 8.98. The van der Waals surface area contributed by atoms with Gasteiger partial charge in [-0.2, -0.15) is 5.26 Å². The van der Waals surface area contributed by atoms with Crippen molar-refractivity contribution in [2.45, 2.75) is 31.8 Å². The number of imide groups is 1. The zero-order valence-corrected chi connectivity index (χ0v) is 16.6. The Kier molecular flexibility index (Phi) is 4.64. The molecule has 0 N–H and O–H groups in total. The number of halogens is 1. The van der Waals surface area contributed by atoms with Crippen molar-refractivity contribution >= 4 is 41.0 Å². The van der Waals surface area contributed by atoms with Gasteiger partial charge in [0.25, 0.3) is 6.29 Å². The van der Waals surface area contributed by atoms with Gasteiger partial charge in [-0.15, -0.1) is 0 Å². The molecule has 9 nitrogen and oxygen atoms in total. The first-order valence-corrected chi connectivity index (χ1v) is 9.36. The average Bonchev–Trinajstić information content (AvgIpc) is 3.31. The summed E-state index contributed by atoms with van der Waals surface area (Å²) in [5, 5.41) is 9.65. The number of rotatable bonds is 4. The predicted octanol–water partition coefficient (Wildman–Crippen LogP) is 1.48. The maximum absolute atomic E-state index is 13.4. The Morgan fingerprint density at radius 3 is 2.50 bits per heavy atom. The lowest BCUT2D eigenvalue weighted by atomic mass is 9.76. The van der Waals surface area contributed by atoms with Crippen LogP contribution in [0.5, 0.6) is 0 Å². The Labute approximate surface area is 175 Å². The van der Waals surface area contributed by atoms with Crippen LogP contribution in [-0.4, -0.2) is 41.7 Å². The van der Waals surface area contributed by atoms with E-state index in [0.717, 1.165) is 18.7 Å². The van der Waals surface area contributed by atoms with Gasteiger partial charge in [-0.1, -0.05) is 17.7 Å². The van der Waals surface area contributed by atoms with Gasteiger partial charge in [0.15, 0.2) is 5.60 Å². The highest BCUT2D eigenvalue weighted by molar-refractivity contribution is 6.31. The maximum atomic E-state index is 13.4. The molecule has 1 aromatic carbocycles. The largest absolute Gasteiger partial charge is 0.422 e. The van der Waals surface area contributed by atoms with Crippen LogP contribution < -0.4 is 4.90 Å². The van der Waals surface area contributed by atoms with Gasteiger partial charge in [-0.3, -0.25) is 19.2 Å². The summed E-state index contributed by atoms with van der Waals surface area (Å²) < 4.78 is 16.2. The van der Waals surface area contributed by atoms with Crippen molar-refractivity contribution in [1.82, 2.24) is 0 Å². The predicted molar refractivity (Wildman–Crippen MR) is 99.7 cm³/mol. The molecule has 0 spiro atoms. The number of ether oxygens (including phenoxy) is 3. The molecule has 2 fully saturated rings. The highest BCUT2D eigenvalue weighted by Gasteiger charge is 2.72. The molecule has 0 unspecified atom stereocenters. The molecule has 10 heteroatoms. The smallest absolute Gasteiger partial charge is 0.305 e. The fourth-order valence-electron chi connectivity index (χ4n) is 4.24. The van der Waals surface area contributed by atoms with Gasteiger partial charge in [0.2, 0.25) is 11.8 Å². The summed E-state index contributed by atoms with van der Waals surface area (Å²) >= 11 is 6.02. The molecule has 4 rings (SSSR count). The number of amides is 2. The Morgan fingerprint density at radius 1 is 1.23 bits per heavy atom. The molecule has 154 valence electrons.